The lowest BCUT2D eigenvalue weighted by atomic mass is 10.0. The first-order valence-corrected chi connectivity index (χ1v) is 11.7. The lowest BCUT2D eigenvalue weighted by molar-refractivity contribution is 0.375. The van der Waals surface area contributed by atoms with Crippen molar-refractivity contribution >= 4 is 35.1 Å². The summed E-state index contributed by atoms with van der Waals surface area (Å²) in [6.07, 6.45) is 9.80. The summed E-state index contributed by atoms with van der Waals surface area (Å²) in [6, 6.07) is 0.201. The molecule has 2 N–H and O–H groups in total. The van der Waals surface area contributed by atoms with Gasteiger partial charge in [0, 0.05) is 6.04 Å². The second-order valence-electron chi connectivity index (χ2n) is 7.27. The fraction of sp³-hybridized carbons (Fsp3) is 0.700. The van der Waals surface area contributed by atoms with Crippen molar-refractivity contribution in [3.05, 3.63) is 10.6 Å². The maximum atomic E-state index is 6.12. The number of hydrogen-bond acceptors (Lipinski definition) is 10. The van der Waals surface area contributed by atoms with Gasteiger partial charge in [0.05, 0.1) is 14.2 Å². The van der Waals surface area contributed by atoms with E-state index in [-0.39, 0.29) is 40.5 Å². The highest BCUT2D eigenvalue weighted by molar-refractivity contribution is 6.28. The SMILES string of the molecule is CCC(CCCCCCCCCN)N(c1nc(Cl)nc(OC)n1)c1nc(Cl)nc(OC)n1. The van der Waals surface area contributed by atoms with Gasteiger partial charge in [-0.05, 0) is 49.0 Å². The first-order valence-electron chi connectivity index (χ1n) is 10.9. The van der Waals surface area contributed by atoms with Gasteiger partial charge < -0.3 is 15.2 Å². The molecule has 0 fully saturated rings. The third-order valence-corrected chi connectivity index (χ3v) is 5.36. The molecule has 0 saturated heterocycles. The van der Waals surface area contributed by atoms with Gasteiger partial charge in [0.2, 0.25) is 22.5 Å². The summed E-state index contributed by atoms with van der Waals surface area (Å²) in [5.74, 6) is 0.555. The number of nitrogens with zero attached hydrogens (tertiary/aromatic N) is 7. The number of anilines is 2. The fourth-order valence-electron chi connectivity index (χ4n) is 3.38. The first kappa shape index (κ1) is 26.2. The molecule has 0 radical (unpaired) electrons. The van der Waals surface area contributed by atoms with Crippen molar-refractivity contribution < 1.29 is 9.47 Å². The minimum absolute atomic E-state index is 0.00131. The molecule has 10 nitrogen and oxygen atoms in total. The number of unbranched alkanes of at least 4 members (excludes halogenated alkanes) is 6. The van der Waals surface area contributed by atoms with E-state index < -0.39 is 0 Å². The van der Waals surface area contributed by atoms with E-state index in [2.05, 4.69) is 36.8 Å². The minimum Gasteiger partial charge on any atom is -0.467 e. The lowest BCUT2D eigenvalue weighted by Crippen LogP contribution is -2.34. The Balaban J connectivity index is 2.21. The van der Waals surface area contributed by atoms with Crippen LogP contribution in [0.4, 0.5) is 11.9 Å². The monoisotopic (exact) mass is 486 g/mol. The van der Waals surface area contributed by atoms with Crippen LogP contribution < -0.4 is 20.1 Å². The minimum atomic E-state index is -0.00131. The third kappa shape index (κ3) is 8.14. The number of hydrogen-bond donors (Lipinski definition) is 1. The lowest BCUT2D eigenvalue weighted by Gasteiger charge is -2.29. The van der Waals surface area contributed by atoms with E-state index in [1.54, 1.807) is 4.90 Å². The van der Waals surface area contributed by atoms with Gasteiger partial charge in [0.25, 0.3) is 0 Å². The molecule has 32 heavy (non-hydrogen) atoms. The zero-order chi connectivity index (χ0) is 23.3. The van der Waals surface area contributed by atoms with Crippen LogP contribution in [-0.4, -0.2) is 56.7 Å². The molecule has 0 aliphatic rings. The van der Waals surface area contributed by atoms with Crippen LogP contribution in [0.3, 0.4) is 0 Å². The Labute approximate surface area is 199 Å². The second-order valence-corrected chi connectivity index (χ2v) is 7.94. The maximum absolute atomic E-state index is 6.12. The van der Waals surface area contributed by atoms with Gasteiger partial charge in [-0.3, -0.25) is 4.90 Å². The van der Waals surface area contributed by atoms with Crippen LogP contribution in [0.1, 0.15) is 64.7 Å². The molecule has 0 aliphatic heterocycles. The number of ether oxygens (including phenoxy) is 2. The Morgan fingerprint density at radius 1 is 0.750 bits per heavy atom. The van der Waals surface area contributed by atoms with Crippen LogP contribution in [-0.2, 0) is 0 Å². The van der Waals surface area contributed by atoms with Gasteiger partial charge in [0.15, 0.2) is 0 Å². The van der Waals surface area contributed by atoms with Crippen LogP contribution in [0.15, 0.2) is 0 Å². The van der Waals surface area contributed by atoms with Crippen molar-refractivity contribution in [3.8, 4) is 12.0 Å². The quantitative estimate of drug-likeness (QED) is 0.362. The Morgan fingerprint density at radius 3 is 1.66 bits per heavy atom. The van der Waals surface area contributed by atoms with E-state index in [0.29, 0.717) is 0 Å². The number of aromatic nitrogens is 6. The summed E-state index contributed by atoms with van der Waals surface area (Å²) in [4.78, 5) is 27.1. The van der Waals surface area contributed by atoms with Gasteiger partial charge in [-0.2, -0.15) is 29.9 Å². The summed E-state index contributed by atoms with van der Waals surface area (Å²) in [5, 5.41) is 0.0209. The summed E-state index contributed by atoms with van der Waals surface area (Å²) in [5.41, 5.74) is 5.55. The van der Waals surface area contributed by atoms with Gasteiger partial charge in [-0.15, -0.1) is 0 Å². The maximum Gasteiger partial charge on any atom is 0.322 e. The molecule has 2 rings (SSSR count). The van der Waals surface area contributed by atoms with Crippen LogP contribution in [0.25, 0.3) is 0 Å². The van der Waals surface area contributed by atoms with Crippen molar-refractivity contribution in [1.82, 2.24) is 29.9 Å². The van der Waals surface area contributed by atoms with Gasteiger partial charge in [0.1, 0.15) is 0 Å². The average molecular weight is 487 g/mol. The molecule has 0 bridgehead atoms. The molecule has 2 aromatic rings. The number of methoxy groups -OCH3 is 2. The van der Waals surface area contributed by atoms with Gasteiger partial charge in [-0.1, -0.05) is 45.4 Å². The standard InChI is InChI=1S/C20H32Cl2N8O2/c1-4-14(12-10-8-6-5-7-9-11-13-23)30(17-24-15(21)26-19(28-17)31-2)18-25-16(22)27-20(29-18)32-3/h14H,4-13,23H2,1-3H3. The number of rotatable bonds is 15. The molecule has 1 unspecified atom stereocenters. The molecule has 2 heterocycles. The molecule has 0 aliphatic carbocycles. The highest BCUT2D eigenvalue weighted by Gasteiger charge is 2.27. The molecule has 0 amide bonds. The Bertz CT molecular complexity index is 777. The summed E-state index contributed by atoms with van der Waals surface area (Å²) < 4.78 is 10.3. The summed E-state index contributed by atoms with van der Waals surface area (Å²) in [7, 11) is 2.93. The van der Waals surface area contributed by atoms with Crippen LogP contribution >= 0.6 is 23.2 Å². The van der Waals surface area contributed by atoms with E-state index >= 15 is 0 Å². The zero-order valence-electron chi connectivity index (χ0n) is 18.9. The topological polar surface area (TPSA) is 125 Å². The van der Waals surface area contributed by atoms with Crippen LogP contribution in [0.2, 0.25) is 10.6 Å². The Hall–Kier alpha value is -2.04. The Morgan fingerprint density at radius 2 is 1.22 bits per heavy atom. The first-order chi connectivity index (χ1) is 15.5. The Kier molecular flexibility index (Phi) is 11.6. The molecular weight excluding hydrogens is 455 g/mol. The van der Waals surface area contributed by atoms with Crippen molar-refractivity contribution in [2.75, 3.05) is 25.7 Å². The molecule has 0 saturated carbocycles. The zero-order valence-corrected chi connectivity index (χ0v) is 20.4. The molecule has 1 atom stereocenters. The molecule has 2 aromatic heterocycles. The largest absolute Gasteiger partial charge is 0.467 e. The van der Waals surface area contributed by atoms with Crippen molar-refractivity contribution in [1.29, 1.82) is 0 Å². The van der Waals surface area contributed by atoms with E-state index in [9.17, 15) is 0 Å². The molecule has 178 valence electrons. The van der Waals surface area contributed by atoms with Crippen molar-refractivity contribution in [2.45, 2.75) is 70.8 Å². The predicted octanol–water partition coefficient (Wildman–Crippen LogP) is 4.38. The summed E-state index contributed by atoms with van der Waals surface area (Å²) in [6.45, 7) is 2.86. The number of nitrogens with two attached hydrogens (primary N) is 1. The third-order valence-electron chi connectivity index (χ3n) is 5.03. The fourth-order valence-corrected chi connectivity index (χ4v) is 3.68. The van der Waals surface area contributed by atoms with E-state index in [1.165, 1.54) is 39.9 Å². The van der Waals surface area contributed by atoms with Gasteiger partial charge in [-0.25, -0.2) is 0 Å². The normalized spacial score (nSPS) is 11.9. The highest BCUT2D eigenvalue weighted by atomic mass is 35.5. The smallest absolute Gasteiger partial charge is 0.322 e. The number of halogens is 2. The van der Waals surface area contributed by atoms with Crippen molar-refractivity contribution in [2.24, 2.45) is 5.73 Å². The molecule has 12 heteroatoms. The van der Waals surface area contributed by atoms with E-state index in [0.717, 1.165) is 38.6 Å². The van der Waals surface area contributed by atoms with Gasteiger partial charge >= 0.3 is 12.0 Å². The predicted molar refractivity (Wildman–Crippen MR) is 125 cm³/mol. The molecular formula is C20H32Cl2N8O2. The molecule has 0 aromatic carbocycles. The molecule has 0 spiro atoms. The average Bonchev–Trinajstić information content (AvgIpc) is 2.79. The summed E-state index contributed by atoms with van der Waals surface area (Å²) >= 11 is 12.2. The highest BCUT2D eigenvalue weighted by Crippen LogP contribution is 2.29. The second kappa shape index (κ2) is 14.2. The van der Waals surface area contributed by atoms with E-state index in [1.807, 2.05) is 0 Å². The van der Waals surface area contributed by atoms with E-state index in [4.69, 9.17) is 38.4 Å². The van der Waals surface area contributed by atoms with Crippen LogP contribution in [0, 0.1) is 0 Å². The van der Waals surface area contributed by atoms with Crippen molar-refractivity contribution in [3.63, 3.8) is 0 Å². The van der Waals surface area contributed by atoms with Crippen LogP contribution in [0.5, 0.6) is 12.0 Å².